The maximum atomic E-state index is 11.6. The Labute approximate surface area is 86.5 Å². The standard InChI is InChI=1S/C9H10ClN3O/c1-2-6-3-8(14)13(5-6)7-4-11-12-9(7)10/h2,4,6H,1,3,5H2,(H,11,12). The molecule has 1 aliphatic heterocycles. The highest BCUT2D eigenvalue weighted by Crippen LogP contribution is 2.29. The number of hydrogen-bond donors (Lipinski definition) is 1. The van der Waals surface area contributed by atoms with Crippen LogP contribution < -0.4 is 4.90 Å². The maximum absolute atomic E-state index is 11.6. The fourth-order valence-electron chi connectivity index (χ4n) is 1.58. The van der Waals surface area contributed by atoms with Crippen LogP contribution in [0.25, 0.3) is 0 Å². The summed E-state index contributed by atoms with van der Waals surface area (Å²) in [4.78, 5) is 13.2. The summed E-state index contributed by atoms with van der Waals surface area (Å²) in [6.07, 6.45) is 3.86. The zero-order valence-electron chi connectivity index (χ0n) is 7.53. The van der Waals surface area contributed by atoms with Crippen molar-refractivity contribution in [1.82, 2.24) is 10.2 Å². The van der Waals surface area contributed by atoms with Gasteiger partial charge in [0, 0.05) is 18.9 Å². The lowest BCUT2D eigenvalue weighted by molar-refractivity contribution is -0.117. The molecule has 2 heterocycles. The molecule has 74 valence electrons. The van der Waals surface area contributed by atoms with E-state index in [1.54, 1.807) is 17.2 Å². The smallest absolute Gasteiger partial charge is 0.227 e. The van der Waals surface area contributed by atoms with Crippen LogP contribution in [0.3, 0.4) is 0 Å². The van der Waals surface area contributed by atoms with Gasteiger partial charge in [-0.25, -0.2) is 0 Å². The van der Waals surface area contributed by atoms with E-state index in [0.29, 0.717) is 23.8 Å². The molecule has 2 rings (SSSR count). The number of anilines is 1. The van der Waals surface area contributed by atoms with Crippen molar-refractivity contribution in [3.8, 4) is 0 Å². The molecule has 1 aromatic heterocycles. The summed E-state index contributed by atoms with van der Waals surface area (Å²) in [6.45, 7) is 4.32. The molecule has 0 aromatic carbocycles. The Balaban J connectivity index is 2.24. The summed E-state index contributed by atoms with van der Waals surface area (Å²) in [7, 11) is 0. The summed E-state index contributed by atoms with van der Waals surface area (Å²) in [6, 6.07) is 0. The van der Waals surface area contributed by atoms with Crippen molar-refractivity contribution in [2.24, 2.45) is 5.92 Å². The van der Waals surface area contributed by atoms with Gasteiger partial charge in [-0.3, -0.25) is 9.89 Å². The zero-order chi connectivity index (χ0) is 10.1. The summed E-state index contributed by atoms with van der Waals surface area (Å²) in [5.41, 5.74) is 0.654. The van der Waals surface area contributed by atoms with E-state index in [9.17, 15) is 4.79 Å². The molecular formula is C9H10ClN3O. The Bertz CT molecular complexity index is 374. The Morgan fingerprint density at radius 3 is 3.07 bits per heavy atom. The summed E-state index contributed by atoms with van der Waals surface area (Å²) in [5.74, 6) is 0.284. The van der Waals surface area contributed by atoms with Crippen LogP contribution in [0.5, 0.6) is 0 Å². The Morgan fingerprint density at radius 1 is 1.79 bits per heavy atom. The van der Waals surface area contributed by atoms with E-state index in [4.69, 9.17) is 11.6 Å². The van der Waals surface area contributed by atoms with Crippen molar-refractivity contribution in [1.29, 1.82) is 0 Å². The van der Waals surface area contributed by atoms with E-state index >= 15 is 0 Å². The largest absolute Gasteiger partial charge is 0.308 e. The summed E-state index contributed by atoms with van der Waals surface area (Å²) in [5, 5.41) is 6.78. The molecule has 5 heteroatoms. The van der Waals surface area contributed by atoms with E-state index in [1.165, 1.54) is 0 Å². The van der Waals surface area contributed by atoms with Crippen molar-refractivity contribution in [2.75, 3.05) is 11.4 Å². The van der Waals surface area contributed by atoms with Gasteiger partial charge in [-0.2, -0.15) is 5.10 Å². The first-order valence-corrected chi connectivity index (χ1v) is 4.72. The van der Waals surface area contributed by atoms with Crippen molar-refractivity contribution in [3.05, 3.63) is 24.0 Å². The second kappa shape index (κ2) is 3.46. The maximum Gasteiger partial charge on any atom is 0.227 e. The van der Waals surface area contributed by atoms with Crippen LogP contribution >= 0.6 is 11.6 Å². The van der Waals surface area contributed by atoms with Crippen LogP contribution in [0, 0.1) is 5.92 Å². The minimum atomic E-state index is 0.0678. The molecule has 0 bridgehead atoms. The average molecular weight is 212 g/mol. The van der Waals surface area contributed by atoms with Gasteiger partial charge in [-0.15, -0.1) is 6.58 Å². The fraction of sp³-hybridized carbons (Fsp3) is 0.333. The molecule has 1 unspecified atom stereocenters. The number of halogens is 1. The molecule has 1 aliphatic rings. The number of carbonyl (C=O) groups is 1. The van der Waals surface area contributed by atoms with Gasteiger partial charge in [0.05, 0.1) is 6.20 Å². The third-order valence-corrected chi connectivity index (χ3v) is 2.63. The van der Waals surface area contributed by atoms with Crippen LogP contribution in [0.4, 0.5) is 5.69 Å². The monoisotopic (exact) mass is 211 g/mol. The number of nitrogens with one attached hydrogen (secondary N) is 1. The zero-order valence-corrected chi connectivity index (χ0v) is 8.29. The molecule has 4 nitrogen and oxygen atoms in total. The first-order chi connectivity index (χ1) is 6.72. The number of amides is 1. The van der Waals surface area contributed by atoms with Crippen LogP contribution in [-0.2, 0) is 4.79 Å². The van der Waals surface area contributed by atoms with E-state index in [-0.39, 0.29) is 11.8 Å². The van der Waals surface area contributed by atoms with Gasteiger partial charge >= 0.3 is 0 Å². The lowest BCUT2D eigenvalue weighted by atomic mass is 10.1. The second-order valence-electron chi connectivity index (χ2n) is 3.27. The van der Waals surface area contributed by atoms with Gasteiger partial charge in [-0.05, 0) is 0 Å². The van der Waals surface area contributed by atoms with Crippen LogP contribution in [0.1, 0.15) is 6.42 Å². The van der Waals surface area contributed by atoms with Gasteiger partial charge in [-0.1, -0.05) is 17.7 Å². The quantitative estimate of drug-likeness (QED) is 0.756. The molecule has 0 radical (unpaired) electrons. The van der Waals surface area contributed by atoms with Crippen LogP contribution in [-0.4, -0.2) is 22.6 Å². The summed E-state index contributed by atoms with van der Waals surface area (Å²) < 4.78 is 0. The second-order valence-corrected chi connectivity index (χ2v) is 3.65. The van der Waals surface area contributed by atoms with Gasteiger partial charge in [0.2, 0.25) is 5.91 Å². The van der Waals surface area contributed by atoms with Gasteiger partial charge < -0.3 is 4.90 Å². The number of H-pyrrole nitrogens is 1. The Morgan fingerprint density at radius 2 is 2.57 bits per heavy atom. The lowest BCUT2D eigenvalue weighted by Crippen LogP contribution is -2.24. The Hall–Kier alpha value is -1.29. The fourth-order valence-corrected chi connectivity index (χ4v) is 1.78. The third-order valence-electron chi connectivity index (χ3n) is 2.35. The van der Waals surface area contributed by atoms with E-state index in [1.807, 2.05) is 0 Å². The molecule has 0 spiro atoms. The van der Waals surface area contributed by atoms with Gasteiger partial charge in [0.15, 0.2) is 0 Å². The third kappa shape index (κ3) is 1.42. The van der Waals surface area contributed by atoms with Gasteiger partial charge in [0.1, 0.15) is 10.8 Å². The van der Waals surface area contributed by atoms with Crippen molar-refractivity contribution >= 4 is 23.2 Å². The molecule has 1 atom stereocenters. The predicted molar refractivity (Wildman–Crippen MR) is 54.3 cm³/mol. The van der Waals surface area contributed by atoms with E-state index in [0.717, 1.165) is 0 Å². The number of hydrogen-bond acceptors (Lipinski definition) is 2. The predicted octanol–water partition coefficient (Wildman–Crippen LogP) is 1.60. The lowest BCUT2D eigenvalue weighted by Gasteiger charge is -2.13. The average Bonchev–Trinajstić information content (AvgIpc) is 2.72. The highest BCUT2D eigenvalue weighted by molar-refractivity contribution is 6.32. The minimum Gasteiger partial charge on any atom is -0.308 e. The highest BCUT2D eigenvalue weighted by Gasteiger charge is 2.30. The first kappa shape index (κ1) is 9.27. The number of aromatic amines is 1. The van der Waals surface area contributed by atoms with Crippen LogP contribution in [0.15, 0.2) is 18.9 Å². The molecule has 1 fully saturated rings. The molecule has 1 saturated heterocycles. The molecular weight excluding hydrogens is 202 g/mol. The van der Waals surface area contributed by atoms with E-state index in [2.05, 4.69) is 16.8 Å². The number of aromatic nitrogens is 2. The SMILES string of the molecule is C=CC1CC(=O)N(c2cn[nH]c2Cl)C1. The van der Waals surface area contributed by atoms with Gasteiger partial charge in [0.25, 0.3) is 0 Å². The molecule has 1 amide bonds. The number of nitrogens with zero attached hydrogens (tertiary/aromatic N) is 2. The highest BCUT2D eigenvalue weighted by atomic mass is 35.5. The molecule has 14 heavy (non-hydrogen) atoms. The van der Waals surface area contributed by atoms with Crippen molar-refractivity contribution in [2.45, 2.75) is 6.42 Å². The van der Waals surface area contributed by atoms with Crippen LogP contribution in [0.2, 0.25) is 5.15 Å². The molecule has 0 aliphatic carbocycles. The number of rotatable bonds is 2. The molecule has 1 aromatic rings. The molecule has 0 saturated carbocycles. The van der Waals surface area contributed by atoms with E-state index < -0.39 is 0 Å². The summed E-state index contributed by atoms with van der Waals surface area (Å²) >= 11 is 5.84. The van der Waals surface area contributed by atoms with Crippen molar-refractivity contribution < 1.29 is 4.79 Å². The molecule has 1 N–H and O–H groups in total. The topological polar surface area (TPSA) is 49.0 Å². The van der Waals surface area contributed by atoms with Crippen molar-refractivity contribution in [3.63, 3.8) is 0 Å². The Kier molecular flexibility index (Phi) is 2.29. The normalized spacial score (nSPS) is 21.6. The minimum absolute atomic E-state index is 0.0678. The first-order valence-electron chi connectivity index (χ1n) is 4.34. The number of carbonyl (C=O) groups excluding carboxylic acids is 1.